The van der Waals surface area contributed by atoms with Gasteiger partial charge < -0.3 is 10.1 Å². The Morgan fingerprint density at radius 2 is 2.05 bits per heavy atom. The van der Waals surface area contributed by atoms with Crippen molar-refractivity contribution in [2.24, 2.45) is 7.05 Å². The van der Waals surface area contributed by atoms with E-state index >= 15 is 0 Å². The third-order valence-corrected chi connectivity index (χ3v) is 4.57. The molecule has 1 aromatic rings. The zero-order chi connectivity index (χ0) is 14.5. The van der Waals surface area contributed by atoms with Crippen molar-refractivity contribution in [3.63, 3.8) is 0 Å². The number of hydrogen-bond acceptors (Lipinski definition) is 3. The summed E-state index contributed by atoms with van der Waals surface area (Å²) in [5, 5.41) is 8.65. The summed E-state index contributed by atoms with van der Waals surface area (Å²) in [6.07, 6.45) is 6.26. The van der Waals surface area contributed by atoms with Crippen molar-refractivity contribution < 1.29 is 4.74 Å². The van der Waals surface area contributed by atoms with Crippen molar-refractivity contribution in [1.29, 1.82) is 0 Å². The molecule has 4 nitrogen and oxygen atoms in total. The van der Waals surface area contributed by atoms with Crippen LogP contribution in [0.1, 0.15) is 50.4 Å². The number of halogens is 1. The average Bonchev–Trinajstić information content (AvgIpc) is 2.69. The van der Waals surface area contributed by atoms with Crippen LogP contribution in [0.5, 0.6) is 0 Å². The Labute approximate surface area is 126 Å². The molecule has 0 spiro atoms. The number of nitrogens with one attached hydrogen (secondary N) is 1. The first kappa shape index (κ1) is 15.8. The van der Waals surface area contributed by atoms with Crippen LogP contribution in [0.2, 0.25) is 5.02 Å². The molecule has 1 fully saturated rings. The van der Waals surface area contributed by atoms with Crippen LogP contribution < -0.4 is 5.32 Å². The van der Waals surface area contributed by atoms with E-state index in [9.17, 15) is 0 Å². The molecule has 1 aliphatic rings. The first-order chi connectivity index (χ1) is 9.61. The third-order valence-electron chi connectivity index (χ3n) is 4.07. The van der Waals surface area contributed by atoms with Gasteiger partial charge in [0.2, 0.25) is 0 Å². The topological polar surface area (TPSA) is 39.1 Å². The molecule has 1 heterocycles. The molecule has 0 saturated heterocycles. The quantitative estimate of drug-likeness (QED) is 0.877. The van der Waals surface area contributed by atoms with Crippen LogP contribution in [0, 0.1) is 6.92 Å². The predicted molar refractivity (Wildman–Crippen MR) is 82.1 cm³/mol. The highest BCUT2D eigenvalue weighted by Gasteiger charge is 2.22. The summed E-state index contributed by atoms with van der Waals surface area (Å²) in [7, 11) is 1.92. The molecular weight excluding hydrogens is 274 g/mol. The SMILES string of the molecule is CCCNC1CCC(OCc2c(Cl)c(C)nn2C)CC1. The zero-order valence-electron chi connectivity index (χ0n) is 12.8. The van der Waals surface area contributed by atoms with Crippen LogP contribution in [0.4, 0.5) is 0 Å². The summed E-state index contributed by atoms with van der Waals surface area (Å²) >= 11 is 6.24. The summed E-state index contributed by atoms with van der Waals surface area (Å²) in [5.41, 5.74) is 1.86. The predicted octanol–water partition coefficient (Wildman–Crippen LogP) is 3.21. The number of ether oxygens (including phenoxy) is 1. The van der Waals surface area contributed by atoms with Crippen molar-refractivity contribution in [3.05, 3.63) is 16.4 Å². The fourth-order valence-electron chi connectivity index (χ4n) is 2.82. The highest BCUT2D eigenvalue weighted by atomic mass is 35.5. The van der Waals surface area contributed by atoms with Crippen LogP contribution in [-0.2, 0) is 18.4 Å². The Morgan fingerprint density at radius 3 is 2.60 bits per heavy atom. The molecule has 1 N–H and O–H groups in total. The van der Waals surface area contributed by atoms with E-state index in [1.165, 1.54) is 19.3 Å². The van der Waals surface area contributed by atoms with E-state index in [4.69, 9.17) is 16.3 Å². The second kappa shape index (κ2) is 7.43. The molecule has 0 unspecified atom stereocenters. The minimum atomic E-state index is 0.362. The number of nitrogens with zero attached hydrogens (tertiary/aromatic N) is 2. The van der Waals surface area contributed by atoms with Crippen molar-refractivity contribution in [1.82, 2.24) is 15.1 Å². The molecule has 0 aliphatic heterocycles. The van der Waals surface area contributed by atoms with Gasteiger partial charge in [0, 0.05) is 13.1 Å². The number of aromatic nitrogens is 2. The summed E-state index contributed by atoms with van der Waals surface area (Å²) < 4.78 is 7.85. The van der Waals surface area contributed by atoms with E-state index in [1.54, 1.807) is 0 Å². The maximum Gasteiger partial charge on any atom is 0.0903 e. The van der Waals surface area contributed by atoms with Gasteiger partial charge in [-0.25, -0.2) is 0 Å². The fraction of sp³-hybridized carbons (Fsp3) is 0.800. The molecule has 20 heavy (non-hydrogen) atoms. The Hall–Kier alpha value is -0.580. The molecule has 1 saturated carbocycles. The Kier molecular flexibility index (Phi) is 5.87. The van der Waals surface area contributed by atoms with Gasteiger partial charge in [-0.1, -0.05) is 18.5 Å². The highest BCUT2D eigenvalue weighted by Crippen LogP contribution is 2.25. The first-order valence-electron chi connectivity index (χ1n) is 7.64. The van der Waals surface area contributed by atoms with Gasteiger partial charge in [0.15, 0.2) is 0 Å². The summed E-state index contributed by atoms with van der Waals surface area (Å²) in [4.78, 5) is 0. The van der Waals surface area contributed by atoms with Crippen LogP contribution in [0.15, 0.2) is 0 Å². The lowest BCUT2D eigenvalue weighted by Crippen LogP contribution is -2.35. The molecule has 0 bridgehead atoms. The number of aryl methyl sites for hydroxylation is 2. The van der Waals surface area contributed by atoms with Gasteiger partial charge in [-0.3, -0.25) is 4.68 Å². The average molecular weight is 300 g/mol. The van der Waals surface area contributed by atoms with E-state index in [0.717, 1.165) is 35.8 Å². The van der Waals surface area contributed by atoms with Gasteiger partial charge in [-0.05, 0) is 45.6 Å². The van der Waals surface area contributed by atoms with Crippen molar-refractivity contribution in [2.75, 3.05) is 6.54 Å². The van der Waals surface area contributed by atoms with Gasteiger partial charge in [-0.2, -0.15) is 5.10 Å². The minimum Gasteiger partial charge on any atom is -0.372 e. The van der Waals surface area contributed by atoms with Gasteiger partial charge >= 0.3 is 0 Å². The normalized spacial score (nSPS) is 23.2. The third kappa shape index (κ3) is 3.96. The molecule has 1 aliphatic carbocycles. The lowest BCUT2D eigenvalue weighted by molar-refractivity contribution is 0.00858. The highest BCUT2D eigenvalue weighted by molar-refractivity contribution is 6.31. The molecule has 2 rings (SSSR count). The molecule has 5 heteroatoms. The minimum absolute atomic E-state index is 0.362. The molecule has 0 radical (unpaired) electrons. The smallest absolute Gasteiger partial charge is 0.0903 e. The van der Waals surface area contributed by atoms with E-state index in [2.05, 4.69) is 17.3 Å². The van der Waals surface area contributed by atoms with E-state index in [1.807, 2.05) is 18.7 Å². The second-order valence-corrected chi connectivity index (χ2v) is 6.09. The van der Waals surface area contributed by atoms with Crippen LogP contribution in [0.3, 0.4) is 0 Å². The van der Waals surface area contributed by atoms with E-state index in [0.29, 0.717) is 18.8 Å². The maximum absolute atomic E-state index is 6.24. The largest absolute Gasteiger partial charge is 0.372 e. The lowest BCUT2D eigenvalue weighted by atomic mass is 9.93. The number of rotatable bonds is 6. The molecule has 114 valence electrons. The Bertz CT molecular complexity index is 425. The van der Waals surface area contributed by atoms with Crippen molar-refractivity contribution >= 4 is 11.6 Å². The standard InChI is InChI=1S/C15H26ClN3O/c1-4-9-17-12-5-7-13(8-6-12)20-10-14-15(16)11(2)18-19(14)3/h12-13,17H,4-10H2,1-3H3. The van der Waals surface area contributed by atoms with Gasteiger partial charge in [-0.15, -0.1) is 0 Å². The van der Waals surface area contributed by atoms with Gasteiger partial charge in [0.05, 0.1) is 29.1 Å². The summed E-state index contributed by atoms with van der Waals surface area (Å²) in [5.74, 6) is 0. The second-order valence-electron chi connectivity index (χ2n) is 5.71. The van der Waals surface area contributed by atoms with Gasteiger partial charge in [0.25, 0.3) is 0 Å². The molecular formula is C15H26ClN3O. The number of hydrogen-bond donors (Lipinski definition) is 1. The monoisotopic (exact) mass is 299 g/mol. The summed E-state index contributed by atoms with van der Waals surface area (Å²) in [6, 6.07) is 0.678. The lowest BCUT2D eigenvalue weighted by Gasteiger charge is -2.29. The van der Waals surface area contributed by atoms with Crippen LogP contribution >= 0.6 is 11.6 Å². The Balaban J connectivity index is 1.76. The van der Waals surface area contributed by atoms with Crippen molar-refractivity contribution in [2.45, 2.75) is 64.7 Å². The zero-order valence-corrected chi connectivity index (χ0v) is 13.5. The summed E-state index contributed by atoms with van der Waals surface area (Å²) in [6.45, 7) is 5.83. The van der Waals surface area contributed by atoms with Crippen LogP contribution in [-0.4, -0.2) is 28.5 Å². The molecule has 0 amide bonds. The van der Waals surface area contributed by atoms with E-state index in [-0.39, 0.29) is 0 Å². The Morgan fingerprint density at radius 1 is 1.35 bits per heavy atom. The molecule has 1 aromatic heterocycles. The maximum atomic E-state index is 6.24. The van der Waals surface area contributed by atoms with Gasteiger partial charge in [0.1, 0.15) is 0 Å². The van der Waals surface area contributed by atoms with E-state index < -0.39 is 0 Å². The van der Waals surface area contributed by atoms with Crippen molar-refractivity contribution in [3.8, 4) is 0 Å². The fourth-order valence-corrected chi connectivity index (χ4v) is 3.03. The van der Waals surface area contributed by atoms with Crippen LogP contribution in [0.25, 0.3) is 0 Å². The molecule has 0 aromatic carbocycles. The molecule has 0 atom stereocenters. The first-order valence-corrected chi connectivity index (χ1v) is 8.02.